The van der Waals surface area contributed by atoms with Crippen LogP contribution in [-0.4, -0.2) is 36.4 Å². The monoisotopic (exact) mass is 223 g/mol. The standard InChI is InChI=1S/C11H17N3O2/c1-11(3-4-11)10-13-9(16-14-10)7-5-15-6-8(7)12-2/h7-8,12H,3-6H2,1-2H3. The predicted octanol–water partition coefficient (Wildman–Crippen LogP) is 0.823. The number of ether oxygens (including phenoxy) is 1. The zero-order valence-corrected chi connectivity index (χ0v) is 9.69. The molecule has 0 radical (unpaired) electrons. The molecule has 2 fully saturated rings. The minimum atomic E-state index is 0.177. The summed E-state index contributed by atoms with van der Waals surface area (Å²) in [5, 5.41) is 7.32. The van der Waals surface area contributed by atoms with Crippen molar-refractivity contribution >= 4 is 0 Å². The third-order valence-electron chi connectivity index (χ3n) is 3.75. The van der Waals surface area contributed by atoms with Crippen molar-refractivity contribution in [3.05, 3.63) is 11.7 Å². The zero-order valence-electron chi connectivity index (χ0n) is 9.69. The van der Waals surface area contributed by atoms with Gasteiger partial charge in [0.1, 0.15) is 0 Å². The average molecular weight is 223 g/mol. The molecule has 1 aliphatic carbocycles. The van der Waals surface area contributed by atoms with Gasteiger partial charge in [-0.3, -0.25) is 0 Å². The van der Waals surface area contributed by atoms with Gasteiger partial charge in [-0.25, -0.2) is 0 Å². The number of nitrogens with zero attached hydrogens (tertiary/aromatic N) is 2. The number of rotatable bonds is 3. The van der Waals surface area contributed by atoms with Crippen LogP contribution >= 0.6 is 0 Å². The Morgan fingerprint density at radius 1 is 1.38 bits per heavy atom. The first-order valence-corrected chi connectivity index (χ1v) is 5.82. The summed E-state index contributed by atoms with van der Waals surface area (Å²) in [6.07, 6.45) is 2.34. The van der Waals surface area contributed by atoms with E-state index in [1.807, 2.05) is 7.05 Å². The molecule has 5 heteroatoms. The second kappa shape index (κ2) is 3.53. The normalized spacial score (nSPS) is 31.9. The van der Waals surface area contributed by atoms with Crippen LogP contribution in [0.4, 0.5) is 0 Å². The van der Waals surface area contributed by atoms with E-state index in [0.29, 0.717) is 12.6 Å². The summed E-state index contributed by atoms with van der Waals surface area (Å²) in [7, 11) is 1.94. The van der Waals surface area contributed by atoms with Crippen LogP contribution < -0.4 is 5.32 Å². The quantitative estimate of drug-likeness (QED) is 0.822. The number of hydrogen-bond donors (Lipinski definition) is 1. The number of hydrogen-bond acceptors (Lipinski definition) is 5. The lowest BCUT2D eigenvalue weighted by molar-refractivity contribution is 0.185. The van der Waals surface area contributed by atoms with Gasteiger partial charge in [0.05, 0.1) is 19.1 Å². The molecule has 2 atom stereocenters. The van der Waals surface area contributed by atoms with Crippen molar-refractivity contribution in [2.24, 2.45) is 0 Å². The number of nitrogens with one attached hydrogen (secondary N) is 1. The molecule has 0 spiro atoms. The van der Waals surface area contributed by atoms with E-state index in [2.05, 4.69) is 22.4 Å². The summed E-state index contributed by atoms with van der Waals surface area (Å²) in [6, 6.07) is 0.292. The van der Waals surface area contributed by atoms with Crippen molar-refractivity contribution < 1.29 is 9.26 Å². The zero-order chi connectivity index (χ0) is 11.2. The summed E-state index contributed by atoms with van der Waals surface area (Å²) in [6.45, 7) is 3.57. The Kier molecular flexibility index (Phi) is 2.26. The maximum Gasteiger partial charge on any atom is 0.233 e. The second-order valence-corrected chi connectivity index (χ2v) is 5.06. The van der Waals surface area contributed by atoms with Gasteiger partial charge in [-0.05, 0) is 19.9 Å². The molecular formula is C11H17N3O2. The molecule has 88 valence electrons. The largest absolute Gasteiger partial charge is 0.379 e. The van der Waals surface area contributed by atoms with Crippen molar-refractivity contribution in [3.63, 3.8) is 0 Å². The van der Waals surface area contributed by atoms with Crippen molar-refractivity contribution in [2.75, 3.05) is 20.3 Å². The molecule has 0 amide bonds. The summed E-state index contributed by atoms with van der Waals surface area (Å²) in [5.41, 5.74) is 0.177. The van der Waals surface area contributed by atoms with Crippen LogP contribution in [0.5, 0.6) is 0 Å². The van der Waals surface area contributed by atoms with Crippen LogP contribution in [0.15, 0.2) is 4.52 Å². The minimum absolute atomic E-state index is 0.177. The molecule has 1 aromatic rings. The van der Waals surface area contributed by atoms with Crippen LogP contribution in [0.3, 0.4) is 0 Å². The van der Waals surface area contributed by atoms with Gasteiger partial charge in [0, 0.05) is 11.5 Å². The maximum atomic E-state index is 5.44. The van der Waals surface area contributed by atoms with E-state index in [9.17, 15) is 0 Å². The molecule has 5 nitrogen and oxygen atoms in total. The predicted molar refractivity (Wildman–Crippen MR) is 57.3 cm³/mol. The average Bonchev–Trinajstić information content (AvgIpc) is 2.78. The van der Waals surface area contributed by atoms with Crippen molar-refractivity contribution in [3.8, 4) is 0 Å². The summed E-state index contributed by atoms with van der Waals surface area (Å²) in [4.78, 5) is 4.53. The highest BCUT2D eigenvalue weighted by Gasteiger charge is 2.44. The molecule has 1 saturated heterocycles. The molecule has 1 aromatic heterocycles. The van der Waals surface area contributed by atoms with Gasteiger partial charge in [0.2, 0.25) is 5.89 Å². The summed E-state index contributed by atoms with van der Waals surface area (Å²) >= 11 is 0. The molecule has 1 saturated carbocycles. The second-order valence-electron chi connectivity index (χ2n) is 5.06. The van der Waals surface area contributed by atoms with Gasteiger partial charge >= 0.3 is 0 Å². The van der Waals surface area contributed by atoms with Crippen LogP contribution in [0.2, 0.25) is 0 Å². The first-order chi connectivity index (χ1) is 7.73. The fourth-order valence-corrected chi connectivity index (χ4v) is 2.12. The topological polar surface area (TPSA) is 60.2 Å². The van der Waals surface area contributed by atoms with Gasteiger partial charge in [0.15, 0.2) is 5.82 Å². The van der Waals surface area contributed by atoms with Gasteiger partial charge in [0.25, 0.3) is 0 Å². The Morgan fingerprint density at radius 2 is 2.19 bits per heavy atom. The molecule has 3 rings (SSSR count). The highest BCUT2D eigenvalue weighted by atomic mass is 16.5. The maximum absolute atomic E-state index is 5.44. The van der Waals surface area contributed by atoms with Gasteiger partial charge < -0.3 is 14.6 Å². The van der Waals surface area contributed by atoms with Crippen LogP contribution in [0.1, 0.15) is 37.4 Å². The van der Waals surface area contributed by atoms with Crippen molar-refractivity contribution in [2.45, 2.75) is 37.1 Å². The Morgan fingerprint density at radius 3 is 2.88 bits per heavy atom. The van der Waals surface area contributed by atoms with Gasteiger partial charge in [-0.15, -0.1) is 0 Å². The minimum Gasteiger partial charge on any atom is -0.379 e. The van der Waals surface area contributed by atoms with E-state index in [-0.39, 0.29) is 11.3 Å². The summed E-state index contributed by atoms with van der Waals surface area (Å²) < 4.78 is 10.8. The molecular weight excluding hydrogens is 206 g/mol. The fraction of sp³-hybridized carbons (Fsp3) is 0.818. The first kappa shape index (κ1) is 10.2. The third-order valence-corrected chi connectivity index (χ3v) is 3.75. The molecule has 2 unspecified atom stereocenters. The highest BCUT2D eigenvalue weighted by molar-refractivity contribution is 5.15. The fourth-order valence-electron chi connectivity index (χ4n) is 2.12. The molecule has 2 aliphatic rings. The van der Waals surface area contributed by atoms with E-state index >= 15 is 0 Å². The van der Waals surface area contributed by atoms with Crippen molar-refractivity contribution in [1.82, 2.24) is 15.5 Å². The van der Waals surface area contributed by atoms with E-state index in [0.717, 1.165) is 18.3 Å². The van der Waals surface area contributed by atoms with E-state index in [1.165, 1.54) is 12.8 Å². The Labute approximate surface area is 94.6 Å². The van der Waals surface area contributed by atoms with E-state index in [1.54, 1.807) is 0 Å². The molecule has 0 aromatic carbocycles. The number of likely N-dealkylation sites (N-methyl/N-ethyl adjacent to an activating group) is 1. The molecule has 2 heterocycles. The van der Waals surface area contributed by atoms with Crippen molar-refractivity contribution in [1.29, 1.82) is 0 Å². The molecule has 0 bridgehead atoms. The summed E-state index contributed by atoms with van der Waals surface area (Å²) in [5.74, 6) is 1.79. The highest BCUT2D eigenvalue weighted by Crippen LogP contribution is 2.46. The van der Waals surface area contributed by atoms with Crippen LogP contribution in [-0.2, 0) is 10.2 Å². The van der Waals surface area contributed by atoms with Crippen LogP contribution in [0.25, 0.3) is 0 Å². The Bertz CT molecular complexity index is 386. The molecule has 1 N–H and O–H groups in total. The number of aromatic nitrogens is 2. The molecule has 16 heavy (non-hydrogen) atoms. The first-order valence-electron chi connectivity index (χ1n) is 5.82. The SMILES string of the molecule is CNC1COCC1c1nc(C2(C)CC2)no1. The van der Waals surface area contributed by atoms with Gasteiger partial charge in [-0.2, -0.15) is 4.98 Å². The lowest BCUT2D eigenvalue weighted by Gasteiger charge is -2.11. The van der Waals surface area contributed by atoms with Gasteiger partial charge in [-0.1, -0.05) is 12.1 Å². The lowest BCUT2D eigenvalue weighted by Crippen LogP contribution is -2.31. The lowest BCUT2D eigenvalue weighted by atomic mass is 10.0. The van der Waals surface area contributed by atoms with Crippen LogP contribution in [0, 0.1) is 0 Å². The molecule has 1 aliphatic heterocycles. The third kappa shape index (κ3) is 1.55. The smallest absolute Gasteiger partial charge is 0.233 e. The van der Waals surface area contributed by atoms with E-state index in [4.69, 9.17) is 9.26 Å². The van der Waals surface area contributed by atoms with E-state index < -0.39 is 0 Å². The Hall–Kier alpha value is -0.940. The Balaban J connectivity index is 1.81.